The van der Waals surface area contributed by atoms with Crippen LogP contribution in [0.25, 0.3) is 0 Å². The highest BCUT2D eigenvalue weighted by atomic mass is 19.1. The molecule has 0 bridgehead atoms. The summed E-state index contributed by atoms with van der Waals surface area (Å²) in [5.74, 6) is -1.92. The summed E-state index contributed by atoms with van der Waals surface area (Å²) in [6.45, 7) is 1.93. The summed E-state index contributed by atoms with van der Waals surface area (Å²) in [6, 6.07) is 2.29. The van der Waals surface area contributed by atoms with E-state index in [4.69, 9.17) is 0 Å². The third kappa shape index (κ3) is 2.65. The fourth-order valence-electron chi connectivity index (χ4n) is 2.38. The Kier molecular flexibility index (Phi) is 4.04. The highest BCUT2D eigenvalue weighted by Gasteiger charge is 2.44. The van der Waals surface area contributed by atoms with Crippen molar-refractivity contribution in [3.05, 3.63) is 35.4 Å². The first-order chi connectivity index (χ1) is 9.35. The summed E-state index contributed by atoms with van der Waals surface area (Å²) in [7, 11) is 1.40. The molecule has 2 atom stereocenters. The number of hydrogen-bond donors (Lipinski definition) is 1. The quantitative estimate of drug-likeness (QED) is 0.923. The van der Waals surface area contributed by atoms with Crippen molar-refractivity contribution in [3.63, 3.8) is 0 Å². The largest absolute Gasteiger partial charge is 0.336 e. The summed E-state index contributed by atoms with van der Waals surface area (Å²) in [5, 5.41) is 2.79. The molecule has 1 aromatic carbocycles. The number of halogens is 3. The molecule has 110 valence electrons. The minimum atomic E-state index is -1.97. The van der Waals surface area contributed by atoms with Gasteiger partial charge in [0.25, 0.3) is 5.91 Å². The maximum absolute atomic E-state index is 14.4. The molecule has 1 amide bonds. The van der Waals surface area contributed by atoms with Crippen LogP contribution < -0.4 is 5.32 Å². The zero-order valence-corrected chi connectivity index (χ0v) is 11.4. The lowest BCUT2D eigenvalue weighted by Gasteiger charge is -2.30. The molecule has 1 fully saturated rings. The minimum Gasteiger partial charge on any atom is -0.336 e. The number of nitrogens with zero attached hydrogens (tertiary/aromatic N) is 1. The van der Waals surface area contributed by atoms with Crippen LogP contribution >= 0.6 is 0 Å². The Hall–Kier alpha value is -1.56. The van der Waals surface area contributed by atoms with Gasteiger partial charge in [-0.2, -0.15) is 0 Å². The Morgan fingerprint density at radius 2 is 2.15 bits per heavy atom. The highest BCUT2D eigenvalue weighted by Crippen LogP contribution is 2.28. The molecular formula is C14H17F3N2O. The Balaban J connectivity index is 2.21. The van der Waals surface area contributed by atoms with Crippen LogP contribution in [0.1, 0.15) is 24.9 Å². The van der Waals surface area contributed by atoms with Gasteiger partial charge in [-0.05, 0) is 31.7 Å². The van der Waals surface area contributed by atoms with Crippen LogP contribution in [0.4, 0.5) is 13.2 Å². The maximum Gasteiger partial charge on any atom is 0.261 e. The van der Waals surface area contributed by atoms with Gasteiger partial charge < -0.3 is 10.2 Å². The van der Waals surface area contributed by atoms with E-state index in [2.05, 4.69) is 5.32 Å². The van der Waals surface area contributed by atoms with Crippen LogP contribution in [-0.4, -0.2) is 36.6 Å². The normalized spacial score (nSPS) is 23.6. The number of benzene rings is 1. The van der Waals surface area contributed by atoms with Crippen molar-refractivity contribution in [1.29, 1.82) is 0 Å². The van der Waals surface area contributed by atoms with Gasteiger partial charge in [-0.25, -0.2) is 13.2 Å². The van der Waals surface area contributed by atoms with Gasteiger partial charge in [0.15, 0.2) is 0 Å². The average Bonchev–Trinajstić information content (AvgIpc) is 2.87. The smallest absolute Gasteiger partial charge is 0.261 e. The van der Waals surface area contributed by atoms with Crippen LogP contribution in [0.15, 0.2) is 18.2 Å². The van der Waals surface area contributed by atoms with E-state index in [9.17, 15) is 18.0 Å². The van der Waals surface area contributed by atoms with E-state index in [1.165, 1.54) is 7.05 Å². The lowest BCUT2D eigenvalue weighted by atomic mass is 10.0. The minimum absolute atomic E-state index is 0.0374. The van der Waals surface area contributed by atoms with Crippen LogP contribution in [0, 0.1) is 11.6 Å². The molecule has 1 heterocycles. The second-order valence-electron chi connectivity index (χ2n) is 5.15. The monoisotopic (exact) mass is 286 g/mol. The zero-order chi connectivity index (χ0) is 14.9. The van der Waals surface area contributed by atoms with E-state index < -0.39 is 29.3 Å². The summed E-state index contributed by atoms with van der Waals surface area (Å²) in [4.78, 5) is 13.3. The van der Waals surface area contributed by atoms with Crippen molar-refractivity contribution in [2.24, 2.45) is 0 Å². The summed E-state index contributed by atoms with van der Waals surface area (Å²) in [6.07, 6.45) is 0.0918. The lowest BCUT2D eigenvalue weighted by Crippen LogP contribution is -2.46. The van der Waals surface area contributed by atoms with Crippen LogP contribution in [0.2, 0.25) is 0 Å². The van der Waals surface area contributed by atoms with E-state index in [-0.39, 0.29) is 18.5 Å². The van der Waals surface area contributed by atoms with E-state index in [1.807, 2.05) is 0 Å². The van der Waals surface area contributed by atoms with Gasteiger partial charge >= 0.3 is 0 Å². The fraction of sp³-hybridized carbons (Fsp3) is 0.500. The molecule has 1 saturated heterocycles. The van der Waals surface area contributed by atoms with E-state index in [0.29, 0.717) is 6.54 Å². The Morgan fingerprint density at radius 3 is 2.75 bits per heavy atom. The van der Waals surface area contributed by atoms with Crippen molar-refractivity contribution in [1.82, 2.24) is 10.2 Å². The van der Waals surface area contributed by atoms with E-state index in [0.717, 1.165) is 23.1 Å². The molecule has 0 saturated carbocycles. The molecule has 1 aliphatic rings. The SMILES string of the molecule is C[C@@H](c1cc(F)ccc1F)N(C)C(=O)[C@@]1(F)CCNC1. The molecule has 0 spiro atoms. The summed E-state index contributed by atoms with van der Waals surface area (Å²) in [5.41, 5.74) is -1.93. The molecule has 0 radical (unpaired) electrons. The first kappa shape index (κ1) is 14.8. The molecule has 6 heteroatoms. The maximum atomic E-state index is 14.4. The molecule has 0 aliphatic carbocycles. The predicted octanol–water partition coefficient (Wildman–Crippen LogP) is 2.19. The third-order valence-electron chi connectivity index (χ3n) is 3.80. The molecule has 20 heavy (non-hydrogen) atoms. The van der Waals surface area contributed by atoms with E-state index in [1.54, 1.807) is 6.92 Å². The second-order valence-corrected chi connectivity index (χ2v) is 5.15. The average molecular weight is 286 g/mol. The lowest BCUT2D eigenvalue weighted by molar-refractivity contribution is -0.143. The van der Waals surface area contributed by atoms with Crippen molar-refractivity contribution >= 4 is 5.91 Å². The molecule has 2 rings (SSSR count). The van der Waals surface area contributed by atoms with Crippen LogP contribution in [0.3, 0.4) is 0 Å². The van der Waals surface area contributed by atoms with E-state index >= 15 is 0 Å². The predicted molar refractivity (Wildman–Crippen MR) is 68.9 cm³/mol. The van der Waals surface area contributed by atoms with Gasteiger partial charge in [-0.15, -0.1) is 0 Å². The van der Waals surface area contributed by atoms with Crippen LogP contribution in [-0.2, 0) is 4.79 Å². The summed E-state index contributed by atoms with van der Waals surface area (Å²) < 4.78 is 41.3. The van der Waals surface area contributed by atoms with Crippen LogP contribution in [0.5, 0.6) is 0 Å². The molecule has 1 aliphatic heterocycles. The third-order valence-corrected chi connectivity index (χ3v) is 3.80. The number of hydrogen-bond acceptors (Lipinski definition) is 2. The number of carbonyl (C=O) groups is 1. The Bertz CT molecular complexity index is 515. The molecule has 0 aromatic heterocycles. The number of carbonyl (C=O) groups excluding carboxylic acids is 1. The Morgan fingerprint density at radius 1 is 1.45 bits per heavy atom. The van der Waals surface area contributed by atoms with Gasteiger partial charge in [0.05, 0.1) is 6.04 Å². The fourth-order valence-corrected chi connectivity index (χ4v) is 2.38. The standard InChI is InChI=1S/C14H17F3N2O/c1-9(11-7-10(15)3-4-12(11)16)19(2)13(20)14(17)5-6-18-8-14/h3-4,7,9,18H,5-6,8H2,1-2H3/t9-,14+/m0/s1. The van der Waals surface area contributed by atoms with Gasteiger partial charge in [0.2, 0.25) is 5.67 Å². The highest BCUT2D eigenvalue weighted by molar-refractivity contribution is 5.86. The number of nitrogens with one attached hydrogen (secondary N) is 1. The molecular weight excluding hydrogens is 269 g/mol. The first-order valence-corrected chi connectivity index (χ1v) is 6.47. The Labute approximate surface area is 115 Å². The van der Waals surface area contributed by atoms with Gasteiger partial charge in [0.1, 0.15) is 11.6 Å². The van der Waals surface area contributed by atoms with Crippen molar-refractivity contribution in [2.45, 2.75) is 25.1 Å². The van der Waals surface area contributed by atoms with Crippen molar-refractivity contribution in [2.75, 3.05) is 20.1 Å². The second kappa shape index (κ2) is 5.44. The number of rotatable bonds is 3. The molecule has 1 aromatic rings. The molecule has 3 nitrogen and oxygen atoms in total. The summed E-state index contributed by atoms with van der Waals surface area (Å²) >= 11 is 0. The van der Waals surface area contributed by atoms with Gasteiger partial charge in [0, 0.05) is 25.6 Å². The molecule has 1 N–H and O–H groups in total. The molecule has 0 unspecified atom stereocenters. The number of alkyl halides is 1. The topological polar surface area (TPSA) is 32.3 Å². The number of amides is 1. The van der Waals surface area contributed by atoms with Gasteiger partial charge in [-0.3, -0.25) is 4.79 Å². The van der Waals surface area contributed by atoms with Crippen molar-refractivity contribution in [3.8, 4) is 0 Å². The zero-order valence-electron chi connectivity index (χ0n) is 11.4. The van der Waals surface area contributed by atoms with Gasteiger partial charge in [-0.1, -0.05) is 0 Å². The van der Waals surface area contributed by atoms with Crippen molar-refractivity contribution < 1.29 is 18.0 Å². The first-order valence-electron chi connectivity index (χ1n) is 6.47.